The first-order valence-corrected chi connectivity index (χ1v) is 2.68. The minimum absolute atomic E-state index is 1.12. The Balaban J connectivity index is 3.51. The second-order valence-electron chi connectivity index (χ2n) is 0.559. The van der Waals surface area contributed by atoms with E-state index in [1.165, 1.54) is 0 Å². The summed E-state index contributed by atoms with van der Waals surface area (Å²) in [4.78, 5) is 0. The van der Waals surface area contributed by atoms with E-state index >= 15 is 0 Å². The molecule has 0 aliphatic rings. The van der Waals surface area contributed by atoms with Gasteiger partial charge in [-0.1, -0.05) is 0 Å². The highest BCUT2D eigenvalue weighted by Crippen LogP contribution is 1.89. The smallest absolute Gasteiger partial charge is 0.0460 e. The molecule has 0 radical (unpaired) electrons. The lowest BCUT2D eigenvalue weighted by Gasteiger charge is -1.47. The van der Waals surface area contributed by atoms with E-state index in [0.29, 0.717) is 0 Å². The van der Waals surface area contributed by atoms with Gasteiger partial charge in [0, 0.05) is 14.2 Å². The molecule has 0 heterocycles. The van der Waals surface area contributed by atoms with Crippen molar-refractivity contribution in [3.63, 3.8) is 0 Å². The number of hydrogen-bond acceptors (Lipinski definition) is 2. The molecule has 0 fully saturated rings. The summed E-state index contributed by atoms with van der Waals surface area (Å²) in [6, 6.07) is 0. The topological polar surface area (TPSA) is 47.7 Å². The highest BCUT2D eigenvalue weighted by atomic mass is 31.1. The van der Waals surface area contributed by atoms with E-state index in [4.69, 9.17) is 10.3 Å². The summed E-state index contributed by atoms with van der Waals surface area (Å²) in [7, 11) is -1.12. The lowest BCUT2D eigenvalue weighted by atomic mass is 12.0. The van der Waals surface area contributed by atoms with Crippen LogP contribution in [0.1, 0.15) is 0 Å². The van der Waals surface area contributed by atoms with Gasteiger partial charge in [0.15, 0.2) is 0 Å². The number of rotatable bonds is 0. The average Bonchev–Trinajstić information content (AvgIpc) is 0.811. The van der Waals surface area contributed by atoms with Crippen molar-refractivity contribution in [1.29, 1.82) is 10.3 Å². The van der Waals surface area contributed by atoms with E-state index in [-0.39, 0.29) is 0 Å². The molecule has 3 heteroatoms. The Hall–Kier alpha value is -0.100. The maximum atomic E-state index is 6.31. The maximum Gasteiger partial charge on any atom is 0.0460 e. The summed E-state index contributed by atoms with van der Waals surface area (Å²) in [6.07, 6.45) is 0. The third-order valence-electron chi connectivity index (χ3n) is 0. The molecule has 4 heavy (non-hydrogen) atoms. The fourth-order valence-electron chi connectivity index (χ4n) is 0. The van der Waals surface area contributed by atoms with Gasteiger partial charge in [-0.15, -0.1) is 0 Å². The monoisotopic (exact) mass is 76.0 g/mol. The summed E-state index contributed by atoms with van der Waals surface area (Å²) in [6.45, 7) is 1.56. The molecule has 0 aromatic carbocycles. The van der Waals surface area contributed by atoms with Crippen LogP contribution in [0.15, 0.2) is 0 Å². The normalized spacial score (nSPS) is 10.8. The van der Waals surface area contributed by atoms with E-state index < -0.39 is 7.51 Å². The third-order valence-corrected chi connectivity index (χ3v) is 0. The minimum atomic E-state index is -1.12. The lowest BCUT2D eigenvalue weighted by molar-refractivity contribution is 1.54. The Morgan fingerprint density at radius 3 is 1.50 bits per heavy atom. The highest BCUT2D eigenvalue weighted by molar-refractivity contribution is 7.32. The fraction of sp³-hybridized carbons (Fsp3) is 1.00. The molecule has 0 aliphatic carbocycles. The van der Waals surface area contributed by atoms with Crippen LogP contribution in [-0.4, -0.2) is 6.66 Å². The molecule has 2 nitrogen and oxygen atoms in total. The van der Waals surface area contributed by atoms with Crippen LogP contribution in [0, 0.1) is 10.3 Å². The Morgan fingerprint density at radius 1 is 1.50 bits per heavy atom. The van der Waals surface area contributed by atoms with Gasteiger partial charge in [0.2, 0.25) is 0 Å². The van der Waals surface area contributed by atoms with Gasteiger partial charge in [0.1, 0.15) is 0 Å². The number of hydrogen-bond donors (Lipinski definition) is 2. The molecule has 0 saturated heterocycles. The Morgan fingerprint density at radius 2 is 1.50 bits per heavy atom. The zero-order valence-electron chi connectivity index (χ0n) is 2.45. The molecule has 24 valence electrons. The molecule has 0 rings (SSSR count). The Labute approximate surface area is 25.6 Å². The van der Waals surface area contributed by atoms with E-state index in [2.05, 4.69) is 0 Å². The van der Waals surface area contributed by atoms with Crippen LogP contribution in [0.3, 0.4) is 0 Å². The van der Waals surface area contributed by atoms with Gasteiger partial charge in [-0.05, 0) is 0 Å². The van der Waals surface area contributed by atoms with Gasteiger partial charge in [-0.2, -0.15) is 0 Å². The largest absolute Gasteiger partial charge is 0.272 e. The zero-order chi connectivity index (χ0) is 3.58. The van der Waals surface area contributed by atoms with Crippen molar-refractivity contribution in [2.75, 3.05) is 6.66 Å². The average molecular weight is 76.0 g/mol. The molecule has 0 bridgehead atoms. The van der Waals surface area contributed by atoms with Crippen molar-refractivity contribution in [1.82, 2.24) is 0 Å². The zero-order valence-corrected chi connectivity index (χ0v) is 3.34. The SMILES string of the molecule is CP(=N)=N. The Kier molecular flexibility index (Phi) is 1.21. The first-order valence-electron chi connectivity index (χ1n) is 0.894. The van der Waals surface area contributed by atoms with Gasteiger partial charge >= 0.3 is 0 Å². The molecular formula is CH5N2P. The predicted molar refractivity (Wildman–Crippen MR) is 18.3 cm³/mol. The summed E-state index contributed by atoms with van der Waals surface area (Å²) in [5, 5.41) is 12.6. The third kappa shape index (κ3) is 154. The summed E-state index contributed by atoms with van der Waals surface area (Å²) < 4.78 is 0. The van der Waals surface area contributed by atoms with Crippen LogP contribution < -0.4 is 0 Å². The summed E-state index contributed by atoms with van der Waals surface area (Å²) in [5.74, 6) is 0. The molecule has 2 N–H and O–H groups in total. The highest BCUT2D eigenvalue weighted by Gasteiger charge is 1.38. The molecule has 0 aromatic heterocycles. The molecule has 0 aromatic rings. The van der Waals surface area contributed by atoms with E-state index in [1.807, 2.05) is 0 Å². The quantitative estimate of drug-likeness (QED) is 0.412. The van der Waals surface area contributed by atoms with E-state index in [9.17, 15) is 0 Å². The van der Waals surface area contributed by atoms with Crippen molar-refractivity contribution >= 4 is 7.51 Å². The maximum absolute atomic E-state index is 6.31. The van der Waals surface area contributed by atoms with Crippen molar-refractivity contribution in [3.8, 4) is 0 Å². The van der Waals surface area contributed by atoms with Crippen molar-refractivity contribution < 1.29 is 0 Å². The summed E-state index contributed by atoms with van der Waals surface area (Å²) >= 11 is 0. The van der Waals surface area contributed by atoms with Gasteiger partial charge in [0.25, 0.3) is 0 Å². The summed E-state index contributed by atoms with van der Waals surface area (Å²) in [5.41, 5.74) is 0. The van der Waals surface area contributed by atoms with E-state index in [1.54, 1.807) is 6.66 Å². The first kappa shape index (κ1) is 3.90. The number of nitrogens with one attached hydrogen (secondary N) is 2. The molecule has 0 saturated carbocycles. The van der Waals surface area contributed by atoms with Gasteiger partial charge in [-0.25, -0.2) is 0 Å². The van der Waals surface area contributed by atoms with Crippen molar-refractivity contribution in [3.05, 3.63) is 0 Å². The van der Waals surface area contributed by atoms with Gasteiger partial charge in [0.05, 0.1) is 0 Å². The lowest BCUT2D eigenvalue weighted by Crippen LogP contribution is -1.10. The van der Waals surface area contributed by atoms with Crippen LogP contribution in [0.4, 0.5) is 0 Å². The second-order valence-corrected chi connectivity index (χ2v) is 1.68. The van der Waals surface area contributed by atoms with Crippen molar-refractivity contribution in [2.45, 2.75) is 0 Å². The fourth-order valence-corrected chi connectivity index (χ4v) is 0. The second kappa shape index (κ2) is 1.24. The van der Waals surface area contributed by atoms with Crippen LogP contribution in [0.2, 0.25) is 0 Å². The molecule has 0 amide bonds. The standard InChI is InChI=1S/CH5N2P/c1-4(2)3/h2-3H,1H3. The molecular weight excluding hydrogens is 71.0 g/mol. The van der Waals surface area contributed by atoms with Crippen LogP contribution >= 0.6 is 7.51 Å². The van der Waals surface area contributed by atoms with Crippen LogP contribution in [-0.2, 0) is 0 Å². The van der Waals surface area contributed by atoms with Crippen LogP contribution in [0.25, 0.3) is 0 Å². The molecule has 0 atom stereocenters. The van der Waals surface area contributed by atoms with Crippen LogP contribution in [0.5, 0.6) is 0 Å². The van der Waals surface area contributed by atoms with E-state index in [0.717, 1.165) is 0 Å². The predicted octanol–water partition coefficient (Wildman–Crippen LogP) is 1.62. The molecule has 0 spiro atoms. The van der Waals surface area contributed by atoms with Crippen molar-refractivity contribution in [2.24, 2.45) is 0 Å². The molecule has 0 aliphatic heterocycles. The van der Waals surface area contributed by atoms with Gasteiger partial charge < -0.3 is 0 Å². The first-order chi connectivity index (χ1) is 1.73. The minimum Gasteiger partial charge on any atom is -0.272 e. The van der Waals surface area contributed by atoms with Gasteiger partial charge in [-0.3, -0.25) is 10.3 Å². The molecule has 0 unspecified atom stereocenters. The Bertz CT molecular complexity index is 54.4.